The van der Waals surface area contributed by atoms with E-state index in [0.717, 1.165) is 31.5 Å². The maximum Gasteiger partial charge on any atom is 0.276 e. The lowest BCUT2D eigenvalue weighted by Gasteiger charge is -2.17. The van der Waals surface area contributed by atoms with Crippen molar-refractivity contribution in [3.63, 3.8) is 0 Å². The Bertz CT molecular complexity index is 690. The van der Waals surface area contributed by atoms with Crippen LogP contribution in [0.25, 0.3) is 11.3 Å². The summed E-state index contributed by atoms with van der Waals surface area (Å²) in [5, 5.41) is 3.92. The Morgan fingerprint density at radius 1 is 1.35 bits per heavy atom. The van der Waals surface area contributed by atoms with Gasteiger partial charge in [-0.25, -0.2) is 0 Å². The third-order valence-corrected chi connectivity index (χ3v) is 4.87. The van der Waals surface area contributed by atoms with Crippen LogP contribution in [-0.2, 0) is 0 Å². The number of amides is 1. The van der Waals surface area contributed by atoms with Crippen LogP contribution in [0.1, 0.15) is 23.3 Å². The largest absolute Gasteiger partial charge is 0.355 e. The fourth-order valence-corrected chi connectivity index (χ4v) is 3.66. The van der Waals surface area contributed by atoms with Gasteiger partial charge in [0.2, 0.25) is 0 Å². The number of likely N-dealkylation sites (tertiary alicyclic amines) is 1. The van der Waals surface area contributed by atoms with Gasteiger partial charge in [0, 0.05) is 43.2 Å². The summed E-state index contributed by atoms with van der Waals surface area (Å²) in [5.41, 5.74) is 7.29. The van der Waals surface area contributed by atoms with Gasteiger partial charge in [-0.15, -0.1) is 12.4 Å². The second-order valence-electron chi connectivity index (χ2n) is 6.19. The molecule has 3 atom stereocenters. The fourth-order valence-electron chi connectivity index (χ4n) is 3.66. The lowest BCUT2D eigenvalue weighted by Crippen LogP contribution is -2.33. The summed E-state index contributed by atoms with van der Waals surface area (Å²) in [5.74, 6) is 1.48. The van der Waals surface area contributed by atoms with Crippen LogP contribution < -0.4 is 5.73 Å². The summed E-state index contributed by atoms with van der Waals surface area (Å²) in [7, 11) is 0. The van der Waals surface area contributed by atoms with Crippen LogP contribution in [0.3, 0.4) is 0 Å². The third kappa shape index (κ3) is 2.84. The quantitative estimate of drug-likeness (QED) is 0.907. The molecule has 1 aliphatic heterocycles. The summed E-state index contributed by atoms with van der Waals surface area (Å²) in [6.45, 7) is 1.52. The Kier molecular flexibility index (Phi) is 4.37. The molecule has 2 aromatic heterocycles. The zero-order valence-electron chi connectivity index (χ0n) is 12.6. The first-order valence-electron chi connectivity index (χ1n) is 7.64. The van der Waals surface area contributed by atoms with E-state index in [0.29, 0.717) is 23.3 Å². The zero-order valence-corrected chi connectivity index (χ0v) is 13.4. The molecule has 122 valence electrons. The van der Waals surface area contributed by atoms with Crippen molar-refractivity contribution >= 4 is 18.3 Å². The number of hydrogen-bond donors (Lipinski definition) is 1. The molecular formula is C16H19ClN4O2. The molecule has 1 amide bonds. The molecule has 0 spiro atoms. The molecule has 6 nitrogen and oxygen atoms in total. The van der Waals surface area contributed by atoms with Crippen LogP contribution in [0.2, 0.25) is 0 Å². The van der Waals surface area contributed by atoms with Crippen LogP contribution in [0.4, 0.5) is 0 Å². The molecule has 7 heteroatoms. The van der Waals surface area contributed by atoms with Crippen molar-refractivity contribution < 1.29 is 9.32 Å². The van der Waals surface area contributed by atoms with E-state index in [-0.39, 0.29) is 24.4 Å². The highest BCUT2D eigenvalue weighted by Gasteiger charge is 2.43. The molecule has 2 aliphatic rings. The average Bonchev–Trinajstić information content (AvgIpc) is 3.25. The minimum absolute atomic E-state index is 0. The van der Waals surface area contributed by atoms with E-state index >= 15 is 0 Å². The number of rotatable bonds is 2. The van der Waals surface area contributed by atoms with Crippen molar-refractivity contribution in [1.82, 2.24) is 15.0 Å². The highest BCUT2D eigenvalue weighted by atomic mass is 35.5. The second kappa shape index (κ2) is 6.29. The van der Waals surface area contributed by atoms with E-state index in [1.807, 2.05) is 17.0 Å². The van der Waals surface area contributed by atoms with Crippen LogP contribution >= 0.6 is 12.4 Å². The molecule has 2 fully saturated rings. The first kappa shape index (κ1) is 16.0. The Balaban J connectivity index is 0.00000156. The van der Waals surface area contributed by atoms with Crippen molar-refractivity contribution in [2.45, 2.75) is 18.9 Å². The summed E-state index contributed by atoms with van der Waals surface area (Å²) in [6.07, 6.45) is 5.58. The molecule has 0 bridgehead atoms. The van der Waals surface area contributed by atoms with Gasteiger partial charge in [0.05, 0.1) is 0 Å². The molecule has 3 unspecified atom stereocenters. The minimum Gasteiger partial charge on any atom is -0.355 e. The summed E-state index contributed by atoms with van der Waals surface area (Å²) < 4.78 is 5.28. The molecular weight excluding hydrogens is 316 g/mol. The van der Waals surface area contributed by atoms with Crippen molar-refractivity contribution in [1.29, 1.82) is 0 Å². The Labute approximate surface area is 140 Å². The van der Waals surface area contributed by atoms with Crippen molar-refractivity contribution in [3.05, 3.63) is 36.3 Å². The Morgan fingerprint density at radius 3 is 2.96 bits per heavy atom. The second-order valence-corrected chi connectivity index (χ2v) is 6.19. The van der Waals surface area contributed by atoms with Crippen LogP contribution in [0.15, 0.2) is 35.1 Å². The van der Waals surface area contributed by atoms with Gasteiger partial charge in [-0.05, 0) is 36.8 Å². The van der Waals surface area contributed by atoms with E-state index in [2.05, 4.69) is 10.1 Å². The van der Waals surface area contributed by atoms with Crippen LogP contribution in [0, 0.1) is 11.8 Å². The van der Waals surface area contributed by atoms with Crippen molar-refractivity contribution in [2.24, 2.45) is 17.6 Å². The number of fused-ring (bicyclic) bond motifs is 1. The number of pyridine rings is 1. The Hall–Kier alpha value is -1.92. The lowest BCUT2D eigenvalue weighted by atomic mass is 9.98. The summed E-state index contributed by atoms with van der Waals surface area (Å²) in [4.78, 5) is 18.5. The standard InChI is InChI=1S/C16H18N4O2.ClH/c17-13-4-3-11-8-20(9-12(11)13)16(21)14-6-15(22-19-14)10-2-1-5-18-7-10;/h1-2,5-7,11-13H,3-4,8-9,17H2;1H. The van der Waals surface area contributed by atoms with Gasteiger partial charge in [-0.1, -0.05) is 5.16 Å². The first-order valence-corrected chi connectivity index (χ1v) is 7.64. The SMILES string of the molecule is Cl.NC1CCC2CN(C(=O)c3cc(-c4cccnc4)on3)CC12. The molecule has 23 heavy (non-hydrogen) atoms. The zero-order chi connectivity index (χ0) is 15.1. The number of aromatic nitrogens is 2. The van der Waals surface area contributed by atoms with E-state index < -0.39 is 0 Å². The van der Waals surface area contributed by atoms with Crippen LogP contribution in [-0.4, -0.2) is 40.1 Å². The number of nitrogens with two attached hydrogens (primary N) is 1. The Morgan fingerprint density at radius 2 is 2.22 bits per heavy atom. The summed E-state index contributed by atoms with van der Waals surface area (Å²) in [6, 6.07) is 5.61. The van der Waals surface area contributed by atoms with Gasteiger partial charge in [-0.3, -0.25) is 9.78 Å². The lowest BCUT2D eigenvalue weighted by molar-refractivity contribution is 0.0769. The topological polar surface area (TPSA) is 85.2 Å². The highest BCUT2D eigenvalue weighted by molar-refractivity contribution is 5.93. The predicted octanol–water partition coefficient (Wildman–Crippen LogP) is 1.97. The van der Waals surface area contributed by atoms with E-state index in [1.54, 1.807) is 18.5 Å². The number of carbonyl (C=O) groups is 1. The fraction of sp³-hybridized carbons (Fsp3) is 0.438. The monoisotopic (exact) mass is 334 g/mol. The molecule has 3 heterocycles. The number of halogens is 1. The number of hydrogen-bond acceptors (Lipinski definition) is 5. The number of carbonyl (C=O) groups excluding carboxylic acids is 1. The normalized spacial score (nSPS) is 26.0. The van der Waals surface area contributed by atoms with Crippen molar-refractivity contribution in [2.75, 3.05) is 13.1 Å². The average molecular weight is 335 g/mol. The molecule has 1 saturated heterocycles. The van der Waals surface area contributed by atoms with E-state index in [1.165, 1.54) is 0 Å². The van der Waals surface area contributed by atoms with Gasteiger partial charge in [0.15, 0.2) is 11.5 Å². The van der Waals surface area contributed by atoms with Gasteiger partial charge < -0.3 is 15.2 Å². The van der Waals surface area contributed by atoms with Gasteiger partial charge in [-0.2, -0.15) is 0 Å². The first-order chi connectivity index (χ1) is 10.7. The van der Waals surface area contributed by atoms with Crippen LogP contribution in [0.5, 0.6) is 0 Å². The smallest absolute Gasteiger partial charge is 0.276 e. The molecule has 2 aromatic rings. The van der Waals surface area contributed by atoms with Gasteiger partial charge in [0.25, 0.3) is 5.91 Å². The highest BCUT2D eigenvalue weighted by Crippen LogP contribution is 2.37. The molecule has 4 rings (SSSR count). The molecule has 2 N–H and O–H groups in total. The molecule has 0 radical (unpaired) electrons. The van der Waals surface area contributed by atoms with E-state index in [9.17, 15) is 4.79 Å². The third-order valence-electron chi connectivity index (χ3n) is 4.87. The van der Waals surface area contributed by atoms with Crippen molar-refractivity contribution in [3.8, 4) is 11.3 Å². The van der Waals surface area contributed by atoms with Gasteiger partial charge in [0.1, 0.15) is 0 Å². The summed E-state index contributed by atoms with van der Waals surface area (Å²) >= 11 is 0. The van der Waals surface area contributed by atoms with E-state index in [4.69, 9.17) is 10.3 Å². The maximum atomic E-state index is 12.6. The minimum atomic E-state index is -0.0690. The molecule has 1 aliphatic carbocycles. The predicted molar refractivity (Wildman–Crippen MR) is 87.1 cm³/mol. The maximum absolute atomic E-state index is 12.6. The number of nitrogens with zero attached hydrogens (tertiary/aromatic N) is 3. The molecule has 0 aromatic carbocycles. The van der Waals surface area contributed by atoms with Gasteiger partial charge >= 0.3 is 0 Å². The molecule has 1 saturated carbocycles.